The number of amides is 1. The van der Waals surface area contributed by atoms with Gasteiger partial charge in [0.25, 0.3) is 15.7 Å². The molecule has 11 nitrogen and oxygen atoms in total. The lowest BCUT2D eigenvalue weighted by atomic mass is 10.00. The van der Waals surface area contributed by atoms with Crippen LogP contribution in [0.3, 0.4) is 0 Å². The molecule has 0 radical (unpaired) electrons. The fourth-order valence-corrected chi connectivity index (χ4v) is 5.29. The van der Waals surface area contributed by atoms with Crippen molar-refractivity contribution in [2.75, 3.05) is 18.0 Å². The zero-order chi connectivity index (χ0) is 23.4. The first-order chi connectivity index (χ1) is 15.1. The average molecular weight is 466 g/mol. The summed E-state index contributed by atoms with van der Waals surface area (Å²) in [7, 11) is -4.26. The van der Waals surface area contributed by atoms with Crippen molar-refractivity contribution in [2.45, 2.75) is 17.2 Å². The minimum absolute atomic E-state index is 0.000676. The van der Waals surface area contributed by atoms with Gasteiger partial charge in [-0.2, -0.15) is 4.31 Å². The molecule has 2 aromatic carbocycles. The second-order valence-corrected chi connectivity index (χ2v) is 8.96. The molecular weight excluding hydrogens is 451 g/mol. The number of ether oxygens (including phenoxy) is 2. The van der Waals surface area contributed by atoms with Crippen molar-refractivity contribution in [2.24, 2.45) is 5.92 Å². The number of carboxylic acids is 1. The van der Waals surface area contributed by atoms with Gasteiger partial charge >= 0.3 is 12.1 Å². The summed E-state index contributed by atoms with van der Waals surface area (Å²) in [5, 5.41) is 21.2. The maximum atomic E-state index is 13.5. The van der Waals surface area contributed by atoms with Crippen LogP contribution in [-0.2, 0) is 14.8 Å². The Morgan fingerprint density at radius 3 is 2.66 bits per heavy atom. The molecule has 2 atom stereocenters. The summed E-state index contributed by atoms with van der Waals surface area (Å²) in [5.74, 6) is -2.43. The lowest BCUT2D eigenvalue weighted by molar-refractivity contribution is -0.388. The van der Waals surface area contributed by atoms with E-state index < -0.39 is 54.7 Å². The Bertz CT molecular complexity index is 1280. The summed E-state index contributed by atoms with van der Waals surface area (Å²) < 4.78 is 50.3. The number of carbonyl (C=O) groups is 2. The highest BCUT2D eigenvalue weighted by Gasteiger charge is 2.47. The van der Waals surface area contributed by atoms with Gasteiger partial charge in [0.05, 0.1) is 30.4 Å². The van der Waals surface area contributed by atoms with E-state index in [0.29, 0.717) is 23.8 Å². The Morgan fingerprint density at radius 1 is 1.31 bits per heavy atom. The van der Waals surface area contributed by atoms with Crippen LogP contribution < -0.4 is 9.04 Å². The van der Waals surface area contributed by atoms with Crippen LogP contribution >= 0.6 is 0 Å². The number of methoxy groups -OCH3 is 1. The molecule has 1 heterocycles. The second-order valence-electron chi connectivity index (χ2n) is 7.21. The maximum Gasteiger partial charge on any atom is 0.428 e. The van der Waals surface area contributed by atoms with Gasteiger partial charge in [-0.05, 0) is 36.1 Å². The van der Waals surface area contributed by atoms with Gasteiger partial charge in [-0.1, -0.05) is 6.07 Å². The normalized spacial score (nSPS) is 18.6. The molecule has 168 valence electrons. The Morgan fingerprint density at radius 2 is 2.03 bits per heavy atom. The minimum atomic E-state index is -5.11. The van der Waals surface area contributed by atoms with Gasteiger partial charge in [-0.25, -0.2) is 22.4 Å². The van der Waals surface area contributed by atoms with E-state index in [9.17, 15) is 37.6 Å². The van der Waals surface area contributed by atoms with Crippen LogP contribution in [0.25, 0.3) is 0 Å². The Labute approximate surface area is 180 Å². The van der Waals surface area contributed by atoms with E-state index >= 15 is 0 Å². The van der Waals surface area contributed by atoms with Crippen molar-refractivity contribution in [3.63, 3.8) is 0 Å². The van der Waals surface area contributed by atoms with Crippen LogP contribution in [0.2, 0.25) is 0 Å². The van der Waals surface area contributed by atoms with E-state index in [1.165, 1.54) is 6.07 Å². The number of anilines is 1. The van der Waals surface area contributed by atoms with Crippen LogP contribution in [0, 0.1) is 21.8 Å². The fourth-order valence-electron chi connectivity index (χ4n) is 3.77. The number of nitro benzene ring substituents is 1. The van der Waals surface area contributed by atoms with Crippen LogP contribution in [-0.4, -0.2) is 44.2 Å². The number of rotatable bonds is 5. The van der Waals surface area contributed by atoms with Gasteiger partial charge in [0, 0.05) is 5.92 Å². The third-order valence-corrected chi connectivity index (χ3v) is 7.07. The standard InChI is InChI=1S/C19H15FN2O9S/c1-30-19(25)21(32(28,29)15-5-2-10(20)7-14(15)22(26)27)13-4-3-11-12-6-9(12)8-31-17(11)16(13)18(23)24/h2-5,7,9,12H,6,8H2,1H3,(H,23,24). The molecule has 0 saturated heterocycles. The highest BCUT2D eigenvalue weighted by atomic mass is 32.2. The average Bonchev–Trinajstić information content (AvgIpc) is 3.52. The van der Waals surface area contributed by atoms with E-state index in [1.54, 1.807) is 0 Å². The highest BCUT2D eigenvalue weighted by Crippen LogP contribution is 2.55. The number of carbonyl (C=O) groups excluding carboxylic acids is 1. The number of benzene rings is 2. The summed E-state index contributed by atoms with van der Waals surface area (Å²) in [4.78, 5) is 33.8. The molecular formula is C19H15FN2O9S. The van der Waals surface area contributed by atoms with Crippen LogP contribution in [0.4, 0.5) is 20.6 Å². The molecule has 0 bridgehead atoms. The van der Waals surface area contributed by atoms with E-state index in [2.05, 4.69) is 4.74 Å². The molecule has 13 heteroatoms. The maximum absolute atomic E-state index is 13.5. The fraction of sp³-hybridized carbons (Fsp3) is 0.263. The number of hydrogen-bond acceptors (Lipinski definition) is 8. The zero-order valence-electron chi connectivity index (χ0n) is 16.3. The first kappa shape index (κ1) is 21.5. The molecule has 1 fully saturated rings. The van der Waals surface area contributed by atoms with Crippen molar-refractivity contribution < 1.29 is 41.9 Å². The summed E-state index contributed by atoms with van der Waals surface area (Å²) in [5.41, 5.74) is -1.80. The molecule has 4 rings (SSSR count). The zero-order valence-corrected chi connectivity index (χ0v) is 17.2. The topological polar surface area (TPSA) is 153 Å². The quantitative estimate of drug-likeness (QED) is 0.517. The lowest BCUT2D eigenvalue weighted by Crippen LogP contribution is -2.38. The van der Waals surface area contributed by atoms with E-state index in [4.69, 9.17) is 4.74 Å². The molecule has 1 amide bonds. The number of halogens is 1. The van der Waals surface area contributed by atoms with Crippen molar-refractivity contribution in [3.8, 4) is 5.75 Å². The largest absolute Gasteiger partial charge is 0.492 e. The van der Waals surface area contributed by atoms with Gasteiger partial charge in [0.15, 0.2) is 4.90 Å². The van der Waals surface area contributed by atoms with Gasteiger partial charge in [-0.3, -0.25) is 10.1 Å². The lowest BCUT2D eigenvalue weighted by Gasteiger charge is -2.26. The SMILES string of the molecule is COC(=O)N(c1ccc2c(c1C(=O)O)OCC1CC21)S(=O)(=O)c1ccc(F)cc1[N+](=O)[O-]. The van der Waals surface area contributed by atoms with Crippen molar-refractivity contribution >= 4 is 33.5 Å². The van der Waals surface area contributed by atoms with E-state index in [0.717, 1.165) is 19.6 Å². The first-order valence-corrected chi connectivity index (χ1v) is 10.6. The summed E-state index contributed by atoms with van der Waals surface area (Å²) >= 11 is 0. The number of nitro groups is 1. The molecule has 1 N–H and O–H groups in total. The summed E-state index contributed by atoms with van der Waals surface area (Å²) in [6, 6.07) is 4.21. The third-order valence-electron chi connectivity index (χ3n) is 5.34. The van der Waals surface area contributed by atoms with Crippen LogP contribution in [0.1, 0.15) is 28.3 Å². The first-order valence-electron chi connectivity index (χ1n) is 9.18. The Hall–Kier alpha value is -3.74. The van der Waals surface area contributed by atoms with E-state index in [-0.39, 0.29) is 28.5 Å². The number of aromatic carboxylic acids is 1. The molecule has 1 aliphatic heterocycles. The molecule has 0 aromatic heterocycles. The van der Waals surface area contributed by atoms with E-state index in [1.807, 2.05) is 0 Å². The molecule has 2 aliphatic rings. The number of hydrogen-bond donors (Lipinski definition) is 1. The van der Waals surface area contributed by atoms with Gasteiger partial charge in [0.1, 0.15) is 17.1 Å². The Kier molecular flexibility index (Phi) is 5.00. The highest BCUT2D eigenvalue weighted by molar-refractivity contribution is 7.93. The molecule has 2 unspecified atom stereocenters. The van der Waals surface area contributed by atoms with Crippen LogP contribution in [0.15, 0.2) is 35.2 Å². The predicted molar refractivity (Wildman–Crippen MR) is 105 cm³/mol. The molecule has 2 aromatic rings. The Balaban J connectivity index is 1.97. The minimum Gasteiger partial charge on any atom is -0.492 e. The monoisotopic (exact) mass is 466 g/mol. The molecule has 0 spiro atoms. The van der Waals surface area contributed by atoms with Crippen molar-refractivity contribution in [1.29, 1.82) is 0 Å². The van der Waals surface area contributed by atoms with Gasteiger partial charge < -0.3 is 14.6 Å². The smallest absolute Gasteiger partial charge is 0.428 e. The number of fused-ring (bicyclic) bond motifs is 3. The third kappa shape index (κ3) is 3.30. The molecule has 1 aliphatic carbocycles. The molecule has 32 heavy (non-hydrogen) atoms. The number of nitrogens with zero attached hydrogens (tertiary/aromatic N) is 2. The van der Waals surface area contributed by atoms with Crippen LogP contribution in [0.5, 0.6) is 5.75 Å². The van der Waals surface area contributed by atoms with Crippen molar-refractivity contribution in [3.05, 3.63) is 57.4 Å². The predicted octanol–water partition coefficient (Wildman–Crippen LogP) is 2.89. The molecule has 1 saturated carbocycles. The van der Waals surface area contributed by atoms with Gasteiger partial charge in [0.2, 0.25) is 0 Å². The summed E-state index contributed by atoms with van der Waals surface area (Å²) in [6.45, 7) is 0.232. The van der Waals surface area contributed by atoms with Gasteiger partial charge in [-0.15, -0.1) is 0 Å². The van der Waals surface area contributed by atoms with Crippen molar-refractivity contribution in [1.82, 2.24) is 0 Å². The number of carboxylic acid groups (broad SMARTS) is 1. The number of sulfonamides is 1. The summed E-state index contributed by atoms with van der Waals surface area (Å²) in [6.07, 6.45) is -0.738. The second kappa shape index (κ2) is 7.44.